The van der Waals surface area contributed by atoms with Crippen molar-refractivity contribution in [2.75, 3.05) is 43.4 Å². The first-order valence-corrected chi connectivity index (χ1v) is 12.0. The highest BCUT2D eigenvalue weighted by Crippen LogP contribution is 2.30. The number of fused-ring (bicyclic) bond motifs is 1. The molecule has 0 aliphatic carbocycles. The predicted octanol–water partition coefficient (Wildman–Crippen LogP) is 3.29. The molecule has 0 saturated carbocycles. The van der Waals surface area contributed by atoms with Crippen LogP contribution in [0, 0.1) is 6.92 Å². The normalized spacial score (nSPS) is 14.1. The lowest BCUT2D eigenvalue weighted by Crippen LogP contribution is -2.45. The third-order valence-corrected chi connectivity index (χ3v) is 6.33. The van der Waals surface area contributed by atoms with E-state index in [1.807, 2.05) is 19.9 Å². The number of amides is 1. The average Bonchev–Trinajstić information content (AvgIpc) is 3.26. The van der Waals surface area contributed by atoms with Crippen molar-refractivity contribution in [2.24, 2.45) is 7.05 Å². The number of hydrogen-bond donors (Lipinski definition) is 1. The van der Waals surface area contributed by atoms with Crippen molar-refractivity contribution < 1.29 is 9.53 Å². The van der Waals surface area contributed by atoms with Gasteiger partial charge in [0.25, 0.3) is 5.91 Å². The molecule has 0 unspecified atom stereocenters. The average molecular weight is 500 g/mol. The van der Waals surface area contributed by atoms with Crippen molar-refractivity contribution in [3.05, 3.63) is 60.2 Å². The van der Waals surface area contributed by atoms with Gasteiger partial charge in [0.15, 0.2) is 5.52 Å². The summed E-state index contributed by atoms with van der Waals surface area (Å²) in [5.74, 6) is 1.71. The molecule has 1 aliphatic rings. The Morgan fingerprint density at radius 2 is 1.86 bits per heavy atom. The molecule has 1 amide bonds. The van der Waals surface area contributed by atoms with Crippen LogP contribution in [0.1, 0.15) is 28.5 Å². The fourth-order valence-corrected chi connectivity index (χ4v) is 3.99. The number of nitrogens with one attached hydrogen (secondary N) is 1. The van der Waals surface area contributed by atoms with E-state index in [9.17, 15) is 4.79 Å². The van der Waals surface area contributed by atoms with Crippen molar-refractivity contribution in [1.29, 1.82) is 0 Å². The van der Waals surface area contributed by atoms with Gasteiger partial charge in [0.1, 0.15) is 23.4 Å². The molecule has 0 spiro atoms. The molecule has 1 saturated heterocycles. The highest BCUT2D eigenvalue weighted by atomic mass is 16.5. The first kappa shape index (κ1) is 24.3. The lowest BCUT2D eigenvalue weighted by molar-refractivity contribution is 0.102. The Balaban J connectivity index is 1.41. The smallest absolute Gasteiger partial charge is 0.256 e. The molecule has 37 heavy (non-hydrogen) atoms. The van der Waals surface area contributed by atoms with Crippen molar-refractivity contribution in [2.45, 2.75) is 13.8 Å². The Morgan fingerprint density at radius 1 is 1.08 bits per heavy atom. The molecule has 0 radical (unpaired) electrons. The second kappa shape index (κ2) is 9.94. The second-order valence-corrected chi connectivity index (χ2v) is 9.23. The Labute approximate surface area is 214 Å². The van der Waals surface area contributed by atoms with Gasteiger partial charge in [-0.1, -0.05) is 12.6 Å². The fourth-order valence-electron chi connectivity index (χ4n) is 3.99. The molecule has 0 atom stereocenters. The maximum Gasteiger partial charge on any atom is 0.256 e. The number of hydrogen-bond acceptors (Lipinski definition) is 9. The van der Waals surface area contributed by atoms with Crippen LogP contribution >= 0.6 is 0 Å². The number of nitrogens with zero attached hydrogens (tertiary/aromatic N) is 8. The summed E-state index contributed by atoms with van der Waals surface area (Å²) in [6, 6.07) is 7.06. The number of allylic oxidation sites excluding steroid dienone is 1. The van der Waals surface area contributed by atoms with E-state index in [4.69, 9.17) is 9.72 Å². The number of aromatic nitrogens is 6. The third kappa shape index (κ3) is 5.12. The highest BCUT2D eigenvalue weighted by Gasteiger charge is 2.19. The van der Waals surface area contributed by atoms with E-state index >= 15 is 0 Å². The second-order valence-electron chi connectivity index (χ2n) is 9.23. The van der Waals surface area contributed by atoms with Gasteiger partial charge in [-0.2, -0.15) is 10.1 Å². The van der Waals surface area contributed by atoms with Gasteiger partial charge in [0, 0.05) is 44.9 Å². The summed E-state index contributed by atoms with van der Waals surface area (Å²) >= 11 is 0. The van der Waals surface area contributed by atoms with Crippen molar-refractivity contribution in [3.8, 4) is 11.6 Å². The number of piperazine rings is 1. The van der Waals surface area contributed by atoms with Crippen LogP contribution in [0.25, 0.3) is 16.6 Å². The quantitative estimate of drug-likeness (QED) is 0.427. The topological polar surface area (TPSA) is 114 Å². The predicted molar refractivity (Wildman–Crippen MR) is 142 cm³/mol. The molecule has 1 aromatic carbocycles. The van der Waals surface area contributed by atoms with E-state index in [-0.39, 0.29) is 5.91 Å². The summed E-state index contributed by atoms with van der Waals surface area (Å²) in [7, 11) is 3.87. The molecule has 1 N–H and O–H groups in total. The zero-order valence-electron chi connectivity index (χ0n) is 21.4. The molecule has 4 heterocycles. The molecule has 1 aliphatic heterocycles. The number of aryl methyl sites for hydroxylation is 2. The maximum atomic E-state index is 13.0. The Bertz CT molecular complexity index is 1490. The Kier molecular flexibility index (Phi) is 6.53. The van der Waals surface area contributed by atoms with E-state index in [2.05, 4.69) is 48.8 Å². The van der Waals surface area contributed by atoms with Crippen LogP contribution in [-0.2, 0) is 7.05 Å². The molecule has 190 valence electrons. The van der Waals surface area contributed by atoms with E-state index in [0.717, 1.165) is 43.0 Å². The van der Waals surface area contributed by atoms with Crippen LogP contribution in [0.5, 0.6) is 11.6 Å². The zero-order chi connectivity index (χ0) is 26.1. The number of anilines is 2. The SMILES string of the molecule is C=C(C)c1cc(NC(=O)c2ccc(C)c(Oc3ncnc4cnc(N5CCN(C)CC5)nc34)c2)n(C)n1. The Morgan fingerprint density at radius 3 is 2.59 bits per heavy atom. The first-order valence-electron chi connectivity index (χ1n) is 12.0. The van der Waals surface area contributed by atoms with Gasteiger partial charge in [-0.25, -0.2) is 15.0 Å². The number of benzene rings is 1. The van der Waals surface area contributed by atoms with Crippen LogP contribution in [0.4, 0.5) is 11.8 Å². The minimum absolute atomic E-state index is 0.284. The van der Waals surface area contributed by atoms with Crippen LogP contribution < -0.4 is 15.0 Å². The number of likely N-dealkylation sites (N-methyl/N-ethyl adjacent to an activating group) is 1. The van der Waals surface area contributed by atoms with Crippen LogP contribution in [0.15, 0.2) is 43.4 Å². The van der Waals surface area contributed by atoms with Gasteiger partial charge in [-0.3, -0.25) is 9.48 Å². The van der Waals surface area contributed by atoms with Crippen LogP contribution in [-0.4, -0.2) is 73.8 Å². The van der Waals surface area contributed by atoms with E-state index in [1.165, 1.54) is 6.33 Å². The van der Waals surface area contributed by atoms with Gasteiger partial charge < -0.3 is 19.9 Å². The lowest BCUT2D eigenvalue weighted by atomic mass is 10.1. The lowest BCUT2D eigenvalue weighted by Gasteiger charge is -2.32. The summed E-state index contributed by atoms with van der Waals surface area (Å²) < 4.78 is 7.81. The summed E-state index contributed by atoms with van der Waals surface area (Å²) in [5, 5.41) is 7.26. The number of carbonyl (C=O) groups excluding carboxylic acids is 1. The monoisotopic (exact) mass is 499 g/mol. The van der Waals surface area contributed by atoms with E-state index in [1.54, 1.807) is 36.1 Å². The molecular formula is C26H29N9O2. The number of rotatable bonds is 6. The summed E-state index contributed by atoms with van der Waals surface area (Å²) in [5.41, 5.74) is 3.92. The van der Waals surface area contributed by atoms with Gasteiger partial charge in [-0.15, -0.1) is 0 Å². The van der Waals surface area contributed by atoms with Crippen LogP contribution in [0.2, 0.25) is 0 Å². The maximum absolute atomic E-state index is 13.0. The molecule has 11 nitrogen and oxygen atoms in total. The van der Waals surface area contributed by atoms with Gasteiger partial charge in [0.05, 0.1) is 11.9 Å². The molecule has 4 aromatic rings. The van der Waals surface area contributed by atoms with E-state index in [0.29, 0.717) is 40.0 Å². The summed E-state index contributed by atoms with van der Waals surface area (Å²) in [4.78, 5) is 35.3. The molecule has 11 heteroatoms. The van der Waals surface area contributed by atoms with Crippen LogP contribution in [0.3, 0.4) is 0 Å². The van der Waals surface area contributed by atoms with Crippen molar-refractivity contribution in [1.82, 2.24) is 34.6 Å². The van der Waals surface area contributed by atoms with Crippen molar-refractivity contribution in [3.63, 3.8) is 0 Å². The number of ether oxygens (including phenoxy) is 1. The fraction of sp³-hybridized carbons (Fsp3) is 0.308. The molecular weight excluding hydrogens is 470 g/mol. The van der Waals surface area contributed by atoms with Gasteiger partial charge in [0.2, 0.25) is 11.8 Å². The third-order valence-electron chi connectivity index (χ3n) is 6.33. The molecule has 1 fully saturated rings. The van der Waals surface area contributed by atoms with Gasteiger partial charge in [-0.05, 0) is 44.2 Å². The minimum atomic E-state index is -0.284. The molecule has 3 aromatic heterocycles. The van der Waals surface area contributed by atoms with Crippen molar-refractivity contribution >= 4 is 34.3 Å². The Hall–Kier alpha value is -4.38. The summed E-state index contributed by atoms with van der Waals surface area (Å²) in [6.45, 7) is 11.2. The zero-order valence-corrected chi connectivity index (χ0v) is 21.4. The first-order chi connectivity index (χ1) is 17.8. The largest absolute Gasteiger partial charge is 0.437 e. The summed E-state index contributed by atoms with van der Waals surface area (Å²) in [6.07, 6.45) is 3.11. The van der Waals surface area contributed by atoms with Gasteiger partial charge >= 0.3 is 0 Å². The molecule has 0 bridgehead atoms. The number of carbonyl (C=O) groups is 1. The minimum Gasteiger partial charge on any atom is -0.437 e. The molecule has 5 rings (SSSR count). The standard InChI is InChI=1S/C26H29N9O2/c1-16(2)19-13-22(34(5)32-19)30-24(36)18-7-6-17(3)21(12-18)37-25-23-20(28-15-29-25)14-27-26(31-23)35-10-8-33(4)9-11-35/h6-7,12-15H,1,8-11H2,2-5H3,(H,30,36). The van der Waals surface area contributed by atoms with E-state index < -0.39 is 0 Å². The highest BCUT2D eigenvalue weighted by molar-refractivity contribution is 6.04.